The Morgan fingerprint density at radius 2 is 1.88 bits per heavy atom. The van der Waals surface area contributed by atoms with Crippen molar-refractivity contribution in [2.45, 2.75) is 0 Å². The number of carbonyl (C=O) groups excluding carboxylic acids is 1. The molecule has 132 valence electrons. The number of hydrogen-bond acceptors (Lipinski definition) is 6. The summed E-state index contributed by atoms with van der Waals surface area (Å²) >= 11 is 0. The monoisotopic (exact) mass is 352 g/mol. The van der Waals surface area contributed by atoms with E-state index in [1.807, 2.05) is 29.1 Å². The first-order valence-corrected chi connectivity index (χ1v) is 7.86. The molecule has 2 aromatic heterocycles. The van der Waals surface area contributed by atoms with Crippen LogP contribution in [0.1, 0.15) is 10.4 Å². The molecule has 0 saturated carbocycles. The minimum Gasteiger partial charge on any atom is -0.368 e. The molecule has 0 bridgehead atoms. The van der Waals surface area contributed by atoms with E-state index in [4.69, 9.17) is 0 Å². The van der Waals surface area contributed by atoms with Gasteiger partial charge in [-0.3, -0.25) is 14.9 Å². The third-order valence-electron chi connectivity index (χ3n) is 3.58. The summed E-state index contributed by atoms with van der Waals surface area (Å²) in [6.07, 6.45) is 5.20. The summed E-state index contributed by atoms with van der Waals surface area (Å²) in [6, 6.07) is 11.4. The molecule has 9 nitrogen and oxygen atoms in total. The Bertz CT molecular complexity index is 910. The third kappa shape index (κ3) is 4.01. The molecule has 0 saturated heterocycles. The minimum atomic E-state index is -0.573. The maximum Gasteiger partial charge on any atom is 0.282 e. The molecule has 0 fully saturated rings. The van der Waals surface area contributed by atoms with Crippen molar-refractivity contribution < 1.29 is 9.72 Å². The van der Waals surface area contributed by atoms with E-state index in [9.17, 15) is 14.9 Å². The van der Waals surface area contributed by atoms with E-state index in [2.05, 4.69) is 20.6 Å². The van der Waals surface area contributed by atoms with Crippen molar-refractivity contribution in [3.8, 4) is 5.82 Å². The number of nitrogens with one attached hydrogen (secondary N) is 2. The molecule has 2 N–H and O–H groups in total. The van der Waals surface area contributed by atoms with E-state index >= 15 is 0 Å². The van der Waals surface area contributed by atoms with Gasteiger partial charge in [0.05, 0.1) is 4.92 Å². The molecule has 0 aliphatic rings. The number of amides is 1. The molecule has 0 unspecified atom stereocenters. The second kappa shape index (κ2) is 7.88. The standard InChI is InChI=1S/C17H16N6O3/c24-17(13-5-1-2-6-14(13)23(25)26)19-8-7-18-15-11-16(21-12-20-15)22-9-3-4-10-22/h1-6,9-12H,7-8H2,(H,19,24)(H,18,20,21). The number of anilines is 1. The van der Waals surface area contributed by atoms with Crippen molar-refractivity contribution in [1.82, 2.24) is 19.9 Å². The van der Waals surface area contributed by atoms with Gasteiger partial charge in [-0.15, -0.1) is 0 Å². The lowest BCUT2D eigenvalue weighted by atomic mass is 10.1. The van der Waals surface area contributed by atoms with Crippen molar-refractivity contribution >= 4 is 17.4 Å². The van der Waals surface area contributed by atoms with Crippen LogP contribution in [0.3, 0.4) is 0 Å². The van der Waals surface area contributed by atoms with Gasteiger partial charge in [0.2, 0.25) is 0 Å². The van der Waals surface area contributed by atoms with Gasteiger partial charge in [0.15, 0.2) is 0 Å². The molecule has 3 rings (SSSR count). The minimum absolute atomic E-state index is 0.0365. The number of rotatable bonds is 7. The quantitative estimate of drug-likeness (QED) is 0.382. The summed E-state index contributed by atoms with van der Waals surface area (Å²) in [6.45, 7) is 0.697. The van der Waals surface area contributed by atoms with E-state index in [1.165, 1.54) is 24.5 Å². The Kier molecular flexibility index (Phi) is 5.18. The van der Waals surface area contributed by atoms with Crippen LogP contribution in [0, 0.1) is 10.1 Å². The average molecular weight is 352 g/mol. The molecule has 3 aromatic rings. The zero-order valence-electron chi connectivity index (χ0n) is 13.7. The van der Waals surface area contributed by atoms with Crippen LogP contribution in [0.5, 0.6) is 0 Å². The molecule has 2 heterocycles. The zero-order valence-corrected chi connectivity index (χ0v) is 13.7. The highest BCUT2D eigenvalue weighted by Gasteiger charge is 2.18. The maximum absolute atomic E-state index is 12.1. The molecule has 0 spiro atoms. The topological polar surface area (TPSA) is 115 Å². The number of para-hydroxylation sites is 1. The fourth-order valence-electron chi connectivity index (χ4n) is 2.36. The fraction of sp³-hybridized carbons (Fsp3) is 0.118. The molecule has 1 amide bonds. The molecule has 0 atom stereocenters. The lowest BCUT2D eigenvalue weighted by Gasteiger charge is -2.09. The summed E-state index contributed by atoms with van der Waals surface area (Å²) < 4.78 is 1.85. The number of nitro benzene ring substituents is 1. The van der Waals surface area contributed by atoms with Crippen molar-refractivity contribution in [2.75, 3.05) is 18.4 Å². The number of nitrogens with zero attached hydrogens (tertiary/aromatic N) is 4. The predicted octanol–water partition coefficient (Wildman–Crippen LogP) is 2.02. The maximum atomic E-state index is 12.1. The molecule has 26 heavy (non-hydrogen) atoms. The van der Waals surface area contributed by atoms with Gasteiger partial charge in [0.25, 0.3) is 11.6 Å². The molecule has 9 heteroatoms. The Labute approximate surface area is 148 Å². The Balaban J connectivity index is 1.54. The Hall–Kier alpha value is -3.75. The first-order chi connectivity index (χ1) is 12.6. The largest absolute Gasteiger partial charge is 0.368 e. The number of benzene rings is 1. The highest BCUT2D eigenvalue weighted by atomic mass is 16.6. The second-order valence-electron chi connectivity index (χ2n) is 5.31. The van der Waals surface area contributed by atoms with Crippen molar-refractivity contribution in [3.05, 3.63) is 76.9 Å². The van der Waals surface area contributed by atoms with Gasteiger partial charge in [-0.2, -0.15) is 0 Å². The highest BCUT2D eigenvalue weighted by molar-refractivity contribution is 5.98. The van der Waals surface area contributed by atoms with Gasteiger partial charge in [-0.05, 0) is 18.2 Å². The molecule has 0 aliphatic carbocycles. The van der Waals surface area contributed by atoms with Crippen LogP contribution >= 0.6 is 0 Å². The smallest absolute Gasteiger partial charge is 0.282 e. The van der Waals surface area contributed by atoms with Crippen LogP contribution in [-0.4, -0.2) is 38.5 Å². The second-order valence-corrected chi connectivity index (χ2v) is 5.31. The fourth-order valence-corrected chi connectivity index (χ4v) is 2.36. The van der Waals surface area contributed by atoms with Gasteiger partial charge >= 0.3 is 0 Å². The highest BCUT2D eigenvalue weighted by Crippen LogP contribution is 2.17. The first-order valence-electron chi connectivity index (χ1n) is 7.86. The molecular formula is C17H16N6O3. The Morgan fingerprint density at radius 1 is 1.12 bits per heavy atom. The van der Waals surface area contributed by atoms with Crippen LogP contribution in [0.4, 0.5) is 11.5 Å². The lowest BCUT2D eigenvalue weighted by molar-refractivity contribution is -0.385. The molecule has 1 aromatic carbocycles. The zero-order chi connectivity index (χ0) is 18.4. The van der Waals surface area contributed by atoms with Crippen LogP contribution in [0.25, 0.3) is 5.82 Å². The van der Waals surface area contributed by atoms with Gasteiger partial charge < -0.3 is 15.2 Å². The van der Waals surface area contributed by atoms with Gasteiger partial charge in [-0.1, -0.05) is 12.1 Å². The summed E-state index contributed by atoms with van der Waals surface area (Å²) in [7, 11) is 0. The van der Waals surface area contributed by atoms with Crippen LogP contribution in [0.2, 0.25) is 0 Å². The van der Waals surface area contributed by atoms with E-state index < -0.39 is 10.8 Å². The van der Waals surface area contributed by atoms with Crippen LogP contribution in [-0.2, 0) is 0 Å². The third-order valence-corrected chi connectivity index (χ3v) is 3.58. The van der Waals surface area contributed by atoms with E-state index in [0.717, 1.165) is 5.82 Å². The summed E-state index contributed by atoms with van der Waals surface area (Å²) in [4.78, 5) is 30.8. The summed E-state index contributed by atoms with van der Waals surface area (Å²) in [5.74, 6) is 0.843. The van der Waals surface area contributed by atoms with Gasteiger partial charge in [0.1, 0.15) is 23.5 Å². The number of nitro groups is 1. The summed E-state index contributed by atoms with van der Waals surface area (Å²) in [5.41, 5.74) is -0.181. The molecule has 0 aliphatic heterocycles. The summed E-state index contributed by atoms with van der Waals surface area (Å²) in [5, 5.41) is 16.7. The van der Waals surface area contributed by atoms with Gasteiger partial charge in [-0.25, -0.2) is 9.97 Å². The van der Waals surface area contributed by atoms with Crippen molar-refractivity contribution in [1.29, 1.82) is 0 Å². The number of hydrogen-bond donors (Lipinski definition) is 2. The van der Waals surface area contributed by atoms with Crippen molar-refractivity contribution in [3.63, 3.8) is 0 Å². The Morgan fingerprint density at radius 3 is 2.65 bits per heavy atom. The average Bonchev–Trinajstić information content (AvgIpc) is 3.20. The van der Waals surface area contributed by atoms with Crippen molar-refractivity contribution in [2.24, 2.45) is 0 Å². The normalized spacial score (nSPS) is 10.3. The van der Waals surface area contributed by atoms with E-state index in [0.29, 0.717) is 12.4 Å². The first kappa shape index (κ1) is 17.1. The predicted molar refractivity (Wildman–Crippen MR) is 95.3 cm³/mol. The number of carbonyl (C=O) groups is 1. The lowest BCUT2D eigenvalue weighted by Crippen LogP contribution is -2.29. The van der Waals surface area contributed by atoms with E-state index in [-0.39, 0.29) is 17.8 Å². The SMILES string of the molecule is O=C(NCCNc1cc(-n2cccc2)ncn1)c1ccccc1[N+](=O)[O-]. The number of aromatic nitrogens is 3. The van der Waals surface area contributed by atoms with Crippen LogP contribution < -0.4 is 10.6 Å². The van der Waals surface area contributed by atoms with E-state index in [1.54, 1.807) is 12.1 Å². The van der Waals surface area contributed by atoms with Gasteiger partial charge in [0, 0.05) is 37.6 Å². The molecule has 0 radical (unpaired) electrons. The van der Waals surface area contributed by atoms with Crippen LogP contribution in [0.15, 0.2) is 61.2 Å². The molecular weight excluding hydrogens is 336 g/mol.